The molecule has 0 unspecified atom stereocenters. The van der Waals surface area contributed by atoms with Gasteiger partial charge in [-0.15, -0.1) is 0 Å². The molecule has 30 heavy (non-hydrogen) atoms. The van der Waals surface area contributed by atoms with E-state index in [1.165, 1.54) is 0 Å². The van der Waals surface area contributed by atoms with E-state index in [-0.39, 0.29) is 12.6 Å². The Hall–Kier alpha value is -3.31. The minimum atomic E-state index is -0.420. The number of ether oxygens (including phenoxy) is 1. The molecule has 0 aliphatic carbocycles. The number of aryl methyl sites for hydroxylation is 1. The number of rotatable bonds is 7. The highest BCUT2D eigenvalue weighted by Gasteiger charge is 2.17. The summed E-state index contributed by atoms with van der Waals surface area (Å²) in [6, 6.07) is 23.0. The van der Waals surface area contributed by atoms with Gasteiger partial charge in [-0.05, 0) is 55.3 Å². The first-order chi connectivity index (χ1) is 14.5. The van der Waals surface area contributed by atoms with E-state index in [1.807, 2.05) is 49.4 Å². The van der Waals surface area contributed by atoms with Gasteiger partial charge < -0.3 is 15.4 Å². The molecule has 0 aliphatic heterocycles. The van der Waals surface area contributed by atoms with E-state index in [9.17, 15) is 9.59 Å². The van der Waals surface area contributed by atoms with Crippen molar-refractivity contribution in [2.24, 2.45) is 0 Å². The molecule has 0 saturated carbocycles. The van der Waals surface area contributed by atoms with Gasteiger partial charge in [-0.2, -0.15) is 0 Å². The number of amides is 2. The number of hydrogen-bond donors (Lipinski definition) is 2. The standard InChI is InChI=1S/C24H23ClN2O3/c1-17-6-5-9-19(14-17)23(28)30-16-22(15-18-7-3-2-4-8-18)27-24(29)26-21-12-10-20(25)11-13-21/h2-14,22H,15-16H2,1H3,(H2,26,27,29)/t22-/m1/s1. The summed E-state index contributed by atoms with van der Waals surface area (Å²) in [7, 11) is 0. The molecular weight excluding hydrogens is 400 g/mol. The molecule has 2 N–H and O–H groups in total. The second kappa shape index (κ2) is 10.5. The molecule has 1 atom stereocenters. The lowest BCUT2D eigenvalue weighted by atomic mass is 10.1. The van der Waals surface area contributed by atoms with Crippen LogP contribution in [0.15, 0.2) is 78.9 Å². The van der Waals surface area contributed by atoms with Gasteiger partial charge in [-0.3, -0.25) is 0 Å². The molecule has 6 heteroatoms. The third kappa shape index (κ3) is 6.64. The first kappa shape index (κ1) is 21.4. The smallest absolute Gasteiger partial charge is 0.338 e. The largest absolute Gasteiger partial charge is 0.460 e. The molecule has 0 fully saturated rings. The van der Waals surface area contributed by atoms with Gasteiger partial charge in [0.1, 0.15) is 6.61 Å². The molecule has 3 aromatic carbocycles. The number of esters is 1. The van der Waals surface area contributed by atoms with Crippen molar-refractivity contribution in [1.29, 1.82) is 0 Å². The van der Waals surface area contributed by atoms with Gasteiger partial charge in [0.2, 0.25) is 0 Å². The highest BCUT2D eigenvalue weighted by atomic mass is 35.5. The van der Waals surface area contributed by atoms with Gasteiger partial charge in [-0.25, -0.2) is 9.59 Å². The summed E-state index contributed by atoms with van der Waals surface area (Å²) in [5.74, 6) is -0.420. The second-order valence-electron chi connectivity index (χ2n) is 6.96. The molecular formula is C24H23ClN2O3. The summed E-state index contributed by atoms with van der Waals surface area (Å²) < 4.78 is 5.49. The number of urea groups is 1. The fraction of sp³-hybridized carbons (Fsp3) is 0.167. The fourth-order valence-electron chi connectivity index (χ4n) is 2.97. The van der Waals surface area contributed by atoms with Gasteiger partial charge in [0, 0.05) is 10.7 Å². The summed E-state index contributed by atoms with van der Waals surface area (Å²) in [6.07, 6.45) is 0.524. The van der Waals surface area contributed by atoms with E-state index in [4.69, 9.17) is 16.3 Å². The van der Waals surface area contributed by atoms with Crippen LogP contribution in [0.1, 0.15) is 21.5 Å². The average Bonchev–Trinajstić information content (AvgIpc) is 2.74. The van der Waals surface area contributed by atoms with Crippen LogP contribution in [0.3, 0.4) is 0 Å². The maximum Gasteiger partial charge on any atom is 0.338 e. The Morgan fingerprint density at radius 2 is 1.70 bits per heavy atom. The Bertz CT molecular complexity index is 991. The van der Waals surface area contributed by atoms with E-state index >= 15 is 0 Å². The summed E-state index contributed by atoms with van der Waals surface area (Å²) in [4.78, 5) is 24.9. The van der Waals surface area contributed by atoms with Crippen LogP contribution < -0.4 is 10.6 Å². The lowest BCUT2D eigenvalue weighted by Crippen LogP contribution is -2.42. The number of nitrogens with one attached hydrogen (secondary N) is 2. The Morgan fingerprint density at radius 3 is 2.40 bits per heavy atom. The van der Waals surface area contributed by atoms with Crippen LogP contribution >= 0.6 is 11.6 Å². The van der Waals surface area contributed by atoms with Crippen molar-refractivity contribution in [2.75, 3.05) is 11.9 Å². The van der Waals surface area contributed by atoms with Gasteiger partial charge >= 0.3 is 12.0 Å². The second-order valence-corrected chi connectivity index (χ2v) is 7.40. The molecule has 3 rings (SSSR count). The lowest BCUT2D eigenvalue weighted by Gasteiger charge is -2.19. The van der Waals surface area contributed by atoms with Crippen LogP contribution in [-0.2, 0) is 11.2 Å². The van der Waals surface area contributed by atoms with Crippen molar-refractivity contribution >= 4 is 29.3 Å². The Kier molecular flexibility index (Phi) is 7.46. The summed E-state index contributed by atoms with van der Waals surface area (Å²) in [5.41, 5.74) is 3.11. The molecule has 154 valence electrons. The topological polar surface area (TPSA) is 67.4 Å². The zero-order valence-electron chi connectivity index (χ0n) is 16.6. The van der Waals surface area contributed by atoms with Gasteiger partial charge in [-0.1, -0.05) is 59.6 Å². The first-order valence-electron chi connectivity index (χ1n) is 9.60. The average molecular weight is 423 g/mol. The first-order valence-corrected chi connectivity index (χ1v) is 9.98. The van der Waals surface area contributed by atoms with Gasteiger partial charge in [0.25, 0.3) is 0 Å². The number of halogens is 1. The molecule has 3 aromatic rings. The molecule has 0 aliphatic rings. The molecule has 0 aromatic heterocycles. The minimum absolute atomic E-state index is 0.0513. The van der Waals surface area contributed by atoms with E-state index in [2.05, 4.69) is 10.6 Å². The summed E-state index contributed by atoms with van der Waals surface area (Å²) in [5, 5.41) is 6.24. The third-order valence-electron chi connectivity index (χ3n) is 4.43. The molecule has 2 amide bonds. The molecule has 5 nitrogen and oxygen atoms in total. The number of benzene rings is 3. The van der Waals surface area contributed by atoms with Crippen molar-refractivity contribution in [3.05, 3.63) is 101 Å². The van der Waals surface area contributed by atoms with Crippen molar-refractivity contribution < 1.29 is 14.3 Å². The maximum absolute atomic E-state index is 12.5. The Morgan fingerprint density at radius 1 is 0.967 bits per heavy atom. The lowest BCUT2D eigenvalue weighted by molar-refractivity contribution is 0.0469. The fourth-order valence-corrected chi connectivity index (χ4v) is 3.09. The van der Waals surface area contributed by atoms with Crippen molar-refractivity contribution in [3.63, 3.8) is 0 Å². The quantitative estimate of drug-likeness (QED) is 0.512. The summed E-state index contributed by atoms with van der Waals surface area (Å²) >= 11 is 5.88. The van der Waals surface area contributed by atoms with Crippen LogP contribution in [0.25, 0.3) is 0 Å². The minimum Gasteiger partial charge on any atom is -0.460 e. The predicted molar refractivity (Wildman–Crippen MR) is 119 cm³/mol. The van der Waals surface area contributed by atoms with Crippen LogP contribution in [-0.4, -0.2) is 24.6 Å². The monoisotopic (exact) mass is 422 g/mol. The number of carbonyl (C=O) groups excluding carboxylic acids is 2. The van der Waals surface area contributed by atoms with E-state index in [0.717, 1.165) is 11.1 Å². The van der Waals surface area contributed by atoms with Gasteiger partial charge in [0.05, 0.1) is 11.6 Å². The molecule has 0 spiro atoms. The molecule has 0 bridgehead atoms. The van der Waals surface area contributed by atoms with Crippen LogP contribution in [0.2, 0.25) is 5.02 Å². The van der Waals surface area contributed by atoms with Gasteiger partial charge in [0.15, 0.2) is 0 Å². The Labute approximate surface area is 181 Å². The molecule has 0 radical (unpaired) electrons. The predicted octanol–water partition coefficient (Wildman–Crippen LogP) is 5.24. The van der Waals surface area contributed by atoms with E-state index in [0.29, 0.717) is 22.7 Å². The van der Waals surface area contributed by atoms with Crippen molar-refractivity contribution in [3.8, 4) is 0 Å². The molecule has 0 saturated heterocycles. The van der Waals surface area contributed by atoms with Crippen molar-refractivity contribution in [1.82, 2.24) is 5.32 Å². The number of hydrogen-bond acceptors (Lipinski definition) is 3. The zero-order chi connectivity index (χ0) is 21.3. The zero-order valence-corrected chi connectivity index (χ0v) is 17.4. The normalized spacial score (nSPS) is 11.4. The van der Waals surface area contributed by atoms with Crippen LogP contribution in [0, 0.1) is 6.92 Å². The number of anilines is 1. The van der Waals surface area contributed by atoms with Crippen LogP contribution in [0.4, 0.5) is 10.5 Å². The molecule has 0 heterocycles. The third-order valence-corrected chi connectivity index (χ3v) is 4.68. The van der Waals surface area contributed by atoms with Crippen LogP contribution in [0.5, 0.6) is 0 Å². The van der Waals surface area contributed by atoms with E-state index in [1.54, 1.807) is 36.4 Å². The Balaban J connectivity index is 1.64. The number of carbonyl (C=O) groups is 2. The maximum atomic E-state index is 12.5. The highest BCUT2D eigenvalue weighted by Crippen LogP contribution is 2.13. The van der Waals surface area contributed by atoms with Crippen molar-refractivity contribution in [2.45, 2.75) is 19.4 Å². The van der Waals surface area contributed by atoms with E-state index < -0.39 is 12.0 Å². The highest BCUT2D eigenvalue weighted by molar-refractivity contribution is 6.30. The SMILES string of the molecule is Cc1cccc(C(=O)OC[C@@H](Cc2ccccc2)NC(=O)Nc2ccc(Cl)cc2)c1. The summed E-state index contributed by atoms with van der Waals surface area (Å²) in [6.45, 7) is 1.97.